The van der Waals surface area contributed by atoms with Crippen LogP contribution in [0.5, 0.6) is 0 Å². The summed E-state index contributed by atoms with van der Waals surface area (Å²) in [6, 6.07) is 6.44. The number of piperidine rings is 1. The van der Waals surface area contributed by atoms with Crippen LogP contribution in [-0.2, 0) is 16.1 Å². The first kappa shape index (κ1) is 19.5. The van der Waals surface area contributed by atoms with Crippen LogP contribution < -0.4 is 5.32 Å². The molecule has 158 valence electrons. The van der Waals surface area contributed by atoms with Gasteiger partial charge in [0.05, 0.1) is 24.8 Å². The fourth-order valence-electron chi connectivity index (χ4n) is 4.29. The van der Waals surface area contributed by atoms with Crippen LogP contribution in [0.15, 0.2) is 42.2 Å². The normalized spacial score (nSPS) is 20.6. The first-order valence-electron chi connectivity index (χ1n) is 10.5. The van der Waals surface area contributed by atoms with Crippen molar-refractivity contribution < 1.29 is 9.53 Å². The molecular weight excluding hydrogens is 400 g/mol. The summed E-state index contributed by atoms with van der Waals surface area (Å²) in [5.74, 6) is 0.780. The van der Waals surface area contributed by atoms with Crippen LogP contribution in [0.1, 0.15) is 31.0 Å². The van der Waals surface area contributed by atoms with Crippen LogP contribution in [0.25, 0.3) is 5.13 Å². The lowest BCUT2D eigenvalue weighted by Gasteiger charge is -2.32. The molecule has 0 aliphatic carbocycles. The summed E-state index contributed by atoms with van der Waals surface area (Å²) < 4.78 is 9.50. The smallest absolute Gasteiger partial charge is 0.231 e. The molecular formula is C21H26N6O2S. The van der Waals surface area contributed by atoms with Crippen LogP contribution in [0.4, 0.5) is 5.82 Å². The monoisotopic (exact) mass is 426 g/mol. The fraction of sp³-hybridized carbons (Fsp3) is 0.476. The molecule has 2 aliphatic heterocycles. The highest BCUT2D eigenvalue weighted by molar-refractivity contribution is 7.12. The van der Waals surface area contributed by atoms with E-state index in [9.17, 15) is 4.79 Å². The third-order valence-corrected chi connectivity index (χ3v) is 6.74. The molecule has 1 atom stereocenters. The number of nitrogens with one attached hydrogen (secondary N) is 1. The number of hydrogen-bond donors (Lipinski definition) is 1. The Balaban J connectivity index is 1.19. The maximum Gasteiger partial charge on any atom is 0.231 e. The molecule has 0 unspecified atom stereocenters. The van der Waals surface area contributed by atoms with Gasteiger partial charge in [-0.25, -0.2) is 9.67 Å². The van der Waals surface area contributed by atoms with Crippen LogP contribution in [0.3, 0.4) is 0 Å². The van der Waals surface area contributed by atoms with E-state index in [-0.39, 0.29) is 11.8 Å². The van der Waals surface area contributed by atoms with Crippen molar-refractivity contribution in [3.05, 3.63) is 47.9 Å². The van der Waals surface area contributed by atoms with Gasteiger partial charge in [-0.2, -0.15) is 5.10 Å². The molecule has 5 rings (SSSR count). The summed E-state index contributed by atoms with van der Waals surface area (Å²) >= 11 is 1.65. The summed E-state index contributed by atoms with van der Waals surface area (Å²) in [6.45, 7) is 4.08. The molecule has 0 bridgehead atoms. The van der Waals surface area contributed by atoms with E-state index < -0.39 is 0 Å². The van der Waals surface area contributed by atoms with E-state index in [2.05, 4.69) is 43.2 Å². The van der Waals surface area contributed by atoms with E-state index in [1.807, 2.05) is 22.3 Å². The number of carbonyl (C=O) groups excluding carboxylic acids is 1. The Bertz CT molecular complexity index is 967. The Kier molecular flexibility index (Phi) is 5.65. The molecule has 9 heteroatoms. The molecule has 8 nitrogen and oxygen atoms in total. The Labute approximate surface area is 179 Å². The van der Waals surface area contributed by atoms with Gasteiger partial charge < -0.3 is 10.1 Å². The molecule has 2 aliphatic rings. The molecule has 3 aromatic rings. The minimum Gasteiger partial charge on any atom is -0.381 e. The summed E-state index contributed by atoms with van der Waals surface area (Å²) in [6.07, 6.45) is 8.50. The van der Waals surface area contributed by atoms with Crippen LogP contribution in [0, 0.1) is 5.92 Å². The first-order chi connectivity index (χ1) is 14.8. The van der Waals surface area contributed by atoms with Crippen molar-refractivity contribution in [2.75, 3.05) is 31.6 Å². The molecule has 2 saturated heterocycles. The highest BCUT2D eigenvalue weighted by Crippen LogP contribution is 2.27. The Morgan fingerprint density at radius 1 is 1.23 bits per heavy atom. The van der Waals surface area contributed by atoms with Gasteiger partial charge in [-0.05, 0) is 31.4 Å². The quantitative estimate of drug-likeness (QED) is 0.656. The number of carbonyl (C=O) groups is 1. The van der Waals surface area contributed by atoms with Gasteiger partial charge in [-0.1, -0.05) is 0 Å². The van der Waals surface area contributed by atoms with Crippen molar-refractivity contribution in [1.82, 2.24) is 24.2 Å². The summed E-state index contributed by atoms with van der Waals surface area (Å²) in [4.78, 5) is 19.4. The van der Waals surface area contributed by atoms with Gasteiger partial charge in [-0.15, -0.1) is 11.3 Å². The topological polar surface area (TPSA) is 77.2 Å². The maximum atomic E-state index is 12.5. The zero-order chi connectivity index (χ0) is 20.3. The average Bonchev–Trinajstić information content (AvgIpc) is 3.55. The lowest BCUT2D eigenvalue weighted by Crippen LogP contribution is -2.35. The van der Waals surface area contributed by atoms with Gasteiger partial charge in [0.15, 0.2) is 5.13 Å². The number of hydrogen-bond acceptors (Lipinski definition) is 6. The predicted molar refractivity (Wildman–Crippen MR) is 115 cm³/mol. The molecule has 2 fully saturated rings. The standard InChI is InChI=1S/C21H26N6O2S/c28-20(16-6-12-29-15-16)24-19-3-7-23-27(19)17-4-10-25(11-5-17)14-18-2-1-9-26(18)21-22-8-13-30-21/h1-3,7-9,13,16-17H,4-6,10-12,14-15H2,(H,24,28)/t16-/m0/s1. The fourth-order valence-corrected chi connectivity index (χ4v) is 4.95. The third-order valence-electron chi connectivity index (χ3n) is 5.97. The second-order valence-corrected chi connectivity index (χ2v) is 8.78. The number of nitrogens with zero attached hydrogens (tertiary/aromatic N) is 5. The minimum absolute atomic E-state index is 0.0367. The second-order valence-electron chi connectivity index (χ2n) is 7.90. The van der Waals surface area contributed by atoms with E-state index in [4.69, 9.17) is 4.74 Å². The number of anilines is 1. The van der Waals surface area contributed by atoms with Gasteiger partial charge >= 0.3 is 0 Å². The number of amides is 1. The third kappa shape index (κ3) is 4.05. The zero-order valence-corrected chi connectivity index (χ0v) is 17.6. The van der Waals surface area contributed by atoms with E-state index in [1.54, 1.807) is 17.5 Å². The number of aromatic nitrogens is 4. The molecule has 1 N–H and O–H groups in total. The highest BCUT2D eigenvalue weighted by atomic mass is 32.1. The predicted octanol–water partition coefficient (Wildman–Crippen LogP) is 2.94. The number of rotatable bonds is 6. The van der Waals surface area contributed by atoms with Gasteiger partial charge in [0.25, 0.3) is 0 Å². The Morgan fingerprint density at radius 3 is 2.90 bits per heavy atom. The van der Waals surface area contributed by atoms with Crippen molar-refractivity contribution in [1.29, 1.82) is 0 Å². The maximum absolute atomic E-state index is 12.5. The largest absolute Gasteiger partial charge is 0.381 e. The zero-order valence-electron chi connectivity index (χ0n) is 16.8. The summed E-state index contributed by atoms with van der Waals surface area (Å²) in [7, 11) is 0. The lowest BCUT2D eigenvalue weighted by atomic mass is 10.0. The van der Waals surface area contributed by atoms with E-state index >= 15 is 0 Å². The van der Waals surface area contributed by atoms with Crippen molar-refractivity contribution >= 4 is 23.1 Å². The molecule has 0 spiro atoms. The van der Waals surface area contributed by atoms with Crippen LogP contribution in [0.2, 0.25) is 0 Å². The molecule has 3 aromatic heterocycles. The Morgan fingerprint density at radius 2 is 2.13 bits per heavy atom. The van der Waals surface area contributed by atoms with Gasteiger partial charge in [-0.3, -0.25) is 14.3 Å². The molecule has 1 amide bonds. The van der Waals surface area contributed by atoms with Crippen LogP contribution in [-0.4, -0.2) is 56.4 Å². The Hall–Kier alpha value is -2.49. The van der Waals surface area contributed by atoms with Gasteiger partial charge in [0.1, 0.15) is 5.82 Å². The molecule has 30 heavy (non-hydrogen) atoms. The number of thiazole rings is 1. The SMILES string of the molecule is O=C(Nc1ccnn1C1CCN(Cc2cccn2-c2nccs2)CC1)[C@H]1CCOC1. The number of ether oxygens (including phenoxy) is 1. The van der Waals surface area contributed by atoms with Crippen molar-refractivity contribution in [2.24, 2.45) is 5.92 Å². The van der Waals surface area contributed by atoms with Crippen molar-refractivity contribution in [3.8, 4) is 5.13 Å². The van der Waals surface area contributed by atoms with E-state index in [1.165, 1.54) is 5.69 Å². The van der Waals surface area contributed by atoms with Crippen molar-refractivity contribution in [3.63, 3.8) is 0 Å². The van der Waals surface area contributed by atoms with E-state index in [0.29, 0.717) is 19.3 Å². The lowest BCUT2D eigenvalue weighted by molar-refractivity contribution is -0.119. The molecule has 0 aromatic carbocycles. The van der Waals surface area contributed by atoms with Gasteiger partial charge in [0, 0.05) is 55.8 Å². The second kappa shape index (κ2) is 8.71. The van der Waals surface area contributed by atoms with Gasteiger partial charge in [0.2, 0.25) is 5.91 Å². The molecule has 0 saturated carbocycles. The highest BCUT2D eigenvalue weighted by Gasteiger charge is 2.27. The van der Waals surface area contributed by atoms with Crippen LogP contribution >= 0.6 is 11.3 Å². The minimum atomic E-state index is -0.0516. The summed E-state index contributed by atoms with van der Waals surface area (Å²) in [5, 5.41) is 10.6. The molecule has 0 radical (unpaired) electrons. The average molecular weight is 427 g/mol. The number of likely N-dealkylation sites (tertiary alicyclic amines) is 1. The van der Waals surface area contributed by atoms with Crippen molar-refractivity contribution in [2.45, 2.75) is 31.8 Å². The first-order valence-corrected chi connectivity index (χ1v) is 11.4. The van der Waals surface area contributed by atoms with E-state index in [0.717, 1.165) is 49.8 Å². The molecule has 5 heterocycles. The summed E-state index contributed by atoms with van der Waals surface area (Å²) in [5.41, 5.74) is 1.26.